The van der Waals surface area contributed by atoms with Gasteiger partial charge in [-0.2, -0.15) is 0 Å². The van der Waals surface area contributed by atoms with Crippen LogP contribution in [0.2, 0.25) is 0 Å². The Morgan fingerprint density at radius 3 is 1.40 bits per heavy atom. The van der Waals surface area contributed by atoms with E-state index in [0.29, 0.717) is 16.0 Å². The van der Waals surface area contributed by atoms with Crippen molar-refractivity contribution >= 4 is 15.8 Å². The molecule has 196 valence electrons. The van der Waals surface area contributed by atoms with Gasteiger partial charge in [0.15, 0.2) is 0 Å². The minimum Gasteiger partial charge on any atom is -0.0921 e. The zero-order valence-corrected chi connectivity index (χ0v) is 26.6. The first-order valence-electron chi connectivity index (χ1n) is 14.1. The van der Waals surface area contributed by atoms with Gasteiger partial charge in [0, 0.05) is 5.66 Å². The summed E-state index contributed by atoms with van der Waals surface area (Å²) in [5, 5.41) is 0.778. The van der Waals surface area contributed by atoms with Gasteiger partial charge in [0.1, 0.15) is 0 Å². The van der Waals surface area contributed by atoms with Crippen LogP contribution in [0.4, 0.5) is 0 Å². The summed E-state index contributed by atoms with van der Waals surface area (Å²) in [6.45, 7) is 17.5. The predicted octanol–water partition coefficient (Wildman–Crippen LogP) is 10.4. The van der Waals surface area contributed by atoms with Crippen LogP contribution in [-0.2, 0) is 17.1 Å². The second-order valence-electron chi connectivity index (χ2n) is 12.7. The van der Waals surface area contributed by atoms with E-state index in [1.165, 1.54) is 64.2 Å². The zero-order valence-electron chi connectivity index (χ0n) is 23.7. The maximum absolute atomic E-state index is 2.58. The minimum absolute atomic E-state index is 0. The maximum atomic E-state index is 2.58. The van der Waals surface area contributed by atoms with Crippen molar-refractivity contribution in [3.05, 3.63) is 62.9 Å². The van der Waals surface area contributed by atoms with Gasteiger partial charge in [0.2, 0.25) is 0 Å². The fraction of sp³-hybridized carbons (Fsp3) is 0.688. The Morgan fingerprint density at radius 2 is 1.03 bits per heavy atom. The molecule has 0 aromatic heterocycles. The molecule has 0 bridgehead atoms. The van der Waals surface area contributed by atoms with Crippen molar-refractivity contribution in [2.75, 3.05) is 0 Å². The van der Waals surface area contributed by atoms with Crippen molar-refractivity contribution in [1.82, 2.24) is 0 Å². The molecule has 35 heavy (non-hydrogen) atoms. The molecule has 4 rings (SSSR count). The molecule has 0 heterocycles. The Hall–Kier alpha value is 1.38. The predicted molar refractivity (Wildman–Crippen MR) is 157 cm³/mol. The third kappa shape index (κ3) is 9.51. The van der Waals surface area contributed by atoms with E-state index >= 15 is 0 Å². The third-order valence-electron chi connectivity index (χ3n) is 7.88. The molecule has 0 aliphatic heterocycles. The Kier molecular flexibility index (Phi) is 14.2. The summed E-state index contributed by atoms with van der Waals surface area (Å²) in [6, 6.07) is 0. The second-order valence-corrected chi connectivity index (χ2v) is 19.7. The molecule has 0 nitrogen and oxygen atoms in total. The fourth-order valence-corrected chi connectivity index (χ4v) is 16.0. The molecule has 10 radical (unpaired) electrons. The largest absolute Gasteiger partial charge is 2.00 e. The average Bonchev–Trinajstić information content (AvgIpc) is 3.49. The molecule has 4 aliphatic rings. The standard InChI is InChI=1S/C27H47P2.C5H5.Fe/c1-21(29(26(2,3)4)27(5,6)7)24-19-14-20-25(24)28(22-15-10-8-11-16-22)23-17-12-9-13-18-23;1-2-4-5-3-1;/h14,19-23H,8-13,15-18H2,1-7H3;1-5H;/q;;+2/t21-;;/m1../s1. The monoisotopic (exact) mass is 554 g/mol. The first kappa shape index (κ1) is 32.6. The Bertz CT molecular complexity index is 521. The van der Waals surface area contributed by atoms with Gasteiger partial charge in [-0.3, -0.25) is 0 Å². The maximum Gasteiger partial charge on any atom is 2.00 e. The Balaban J connectivity index is 0.000000640. The molecular formula is C32H52FeP2+2. The molecule has 4 saturated carbocycles. The summed E-state index contributed by atoms with van der Waals surface area (Å²) < 4.78 is 0. The van der Waals surface area contributed by atoms with Crippen LogP contribution >= 0.6 is 15.8 Å². The van der Waals surface area contributed by atoms with E-state index in [0.717, 1.165) is 11.3 Å². The molecule has 0 amide bonds. The Labute approximate surface area is 235 Å². The quantitative estimate of drug-likeness (QED) is 0.234. The molecule has 1 atom stereocenters. The topological polar surface area (TPSA) is 0 Å². The van der Waals surface area contributed by atoms with Crippen LogP contribution in [-0.4, -0.2) is 27.3 Å². The summed E-state index contributed by atoms with van der Waals surface area (Å²) >= 11 is 0. The Morgan fingerprint density at radius 1 is 0.629 bits per heavy atom. The number of hydrogen-bond acceptors (Lipinski definition) is 0. The number of hydrogen-bond donors (Lipinski definition) is 0. The van der Waals surface area contributed by atoms with E-state index in [4.69, 9.17) is 0 Å². The van der Waals surface area contributed by atoms with Gasteiger partial charge < -0.3 is 0 Å². The summed E-state index contributed by atoms with van der Waals surface area (Å²) in [5.74, 6) is 1.75. The van der Waals surface area contributed by atoms with Crippen LogP contribution in [0.3, 0.4) is 0 Å². The van der Waals surface area contributed by atoms with Crippen LogP contribution in [0.1, 0.15) is 113 Å². The first-order chi connectivity index (χ1) is 16.1. The third-order valence-corrected chi connectivity index (χ3v) is 15.4. The summed E-state index contributed by atoms with van der Waals surface area (Å²) in [5.41, 5.74) is 4.55. The average molecular weight is 555 g/mol. The molecule has 4 fully saturated rings. The minimum atomic E-state index is -0.120. The summed E-state index contributed by atoms with van der Waals surface area (Å²) in [7, 11) is -0.114. The van der Waals surface area contributed by atoms with E-state index < -0.39 is 0 Å². The van der Waals surface area contributed by atoms with Crippen molar-refractivity contribution < 1.29 is 17.1 Å². The van der Waals surface area contributed by atoms with E-state index in [9.17, 15) is 0 Å². The normalized spacial score (nSPS) is 24.9. The molecule has 0 saturated heterocycles. The van der Waals surface area contributed by atoms with Gasteiger partial charge in [0.25, 0.3) is 0 Å². The SMILES string of the molecule is C[C@H]([C]1[CH][CH][CH][C]1P(C1CCCCC1)C1CCCCC1)P(C(C)(C)C)C(C)(C)C.[CH]1[CH][CH][CH][CH]1.[Fe+2]. The van der Waals surface area contributed by atoms with E-state index in [1.54, 1.807) is 5.92 Å². The van der Waals surface area contributed by atoms with Gasteiger partial charge in [-0.15, -0.1) is 0 Å². The van der Waals surface area contributed by atoms with Gasteiger partial charge >= 0.3 is 17.1 Å². The summed E-state index contributed by atoms with van der Waals surface area (Å²) in [6.07, 6.45) is 32.5. The van der Waals surface area contributed by atoms with Gasteiger partial charge in [-0.05, 0) is 110 Å². The molecule has 0 N–H and O–H groups in total. The second kappa shape index (κ2) is 15.2. The van der Waals surface area contributed by atoms with Crippen LogP contribution < -0.4 is 0 Å². The van der Waals surface area contributed by atoms with Crippen LogP contribution in [0.5, 0.6) is 0 Å². The molecule has 0 spiro atoms. The smallest absolute Gasteiger partial charge is 0.0921 e. The van der Waals surface area contributed by atoms with E-state index in [2.05, 4.69) is 67.7 Å². The van der Waals surface area contributed by atoms with Crippen LogP contribution in [0, 0.1) is 62.9 Å². The van der Waals surface area contributed by atoms with E-state index in [1.807, 2.05) is 37.8 Å². The van der Waals surface area contributed by atoms with Crippen LogP contribution in [0.15, 0.2) is 0 Å². The van der Waals surface area contributed by atoms with Crippen molar-refractivity contribution in [3.63, 3.8) is 0 Å². The zero-order chi connectivity index (χ0) is 24.8. The summed E-state index contributed by atoms with van der Waals surface area (Å²) in [4.78, 5) is 0. The van der Waals surface area contributed by atoms with Gasteiger partial charge in [0.05, 0.1) is 0 Å². The molecular weight excluding hydrogens is 502 g/mol. The van der Waals surface area contributed by atoms with Crippen LogP contribution in [0.25, 0.3) is 0 Å². The molecule has 3 heteroatoms. The first-order valence-corrected chi connectivity index (χ1v) is 17.0. The molecule has 0 unspecified atom stereocenters. The van der Waals surface area contributed by atoms with Crippen molar-refractivity contribution in [2.45, 2.75) is 140 Å². The van der Waals surface area contributed by atoms with E-state index in [-0.39, 0.29) is 32.9 Å². The molecule has 0 aromatic rings. The van der Waals surface area contributed by atoms with Crippen molar-refractivity contribution in [1.29, 1.82) is 0 Å². The van der Waals surface area contributed by atoms with Crippen molar-refractivity contribution in [3.8, 4) is 0 Å². The number of rotatable bonds is 5. The fourth-order valence-electron chi connectivity index (χ4n) is 7.05. The van der Waals surface area contributed by atoms with Gasteiger partial charge in [-0.25, -0.2) is 0 Å². The molecule has 4 aliphatic carbocycles. The van der Waals surface area contributed by atoms with Crippen molar-refractivity contribution in [2.24, 2.45) is 0 Å². The molecule has 0 aromatic carbocycles. The van der Waals surface area contributed by atoms with Gasteiger partial charge in [-0.1, -0.05) is 103 Å².